The molecule has 0 heterocycles. The Labute approximate surface area is 112 Å². The van der Waals surface area contributed by atoms with Crippen molar-refractivity contribution in [3.05, 3.63) is 29.3 Å². The highest BCUT2D eigenvalue weighted by atomic mass is 35.5. The Balaban J connectivity index is 2.37. The van der Waals surface area contributed by atoms with Gasteiger partial charge in [0.2, 0.25) is 5.91 Å². The highest BCUT2D eigenvalue weighted by molar-refractivity contribution is 6.32. The predicted molar refractivity (Wildman–Crippen MR) is 70.9 cm³/mol. The number of nitrogens with zero attached hydrogens (tertiary/aromatic N) is 1. The van der Waals surface area contributed by atoms with Crippen molar-refractivity contribution in [2.24, 2.45) is 0 Å². The van der Waals surface area contributed by atoms with Crippen LogP contribution in [0.4, 0.5) is 0 Å². The molecule has 0 atom stereocenters. The van der Waals surface area contributed by atoms with E-state index in [1.54, 1.807) is 17.0 Å². The Hall–Kier alpha value is -1.26. The molecule has 0 saturated heterocycles. The molecule has 1 aromatic rings. The molecule has 1 rings (SSSR count). The van der Waals surface area contributed by atoms with E-state index in [9.17, 15) is 4.79 Å². The van der Waals surface area contributed by atoms with E-state index in [1.807, 2.05) is 19.1 Å². The summed E-state index contributed by atoms with van der Waals surface area (Å²) in [7, 11) is 0. The van der Waals surface area contributed by atoms with E-state index in [4.69, 9.17) is 21.4 Å². The van der Waals surface area contributed by atoms with E-state index >= 15 is 0 Å². The minimum Gasteiger partial charge on any atom is -0.491 e. The van der Waals surface area contributed by atoms with Gasteiger partial charge in [0.15, 0.2) is 0 Å². The number of benzene rings is 1. The van der Waals surface area contributed by atoms with Crippen molar-refractivity contribution >= 4 is 17.5 Å². The third-order valence-electron chi connectivity index (χ3n) is 2.51. The van der Waals surface area contributed by atoms with E-state index in [2.05, 4.69) is 0 Å². The molecule has 5 heteroatoms. The molecule has 4 nitrogen and oxygen atoms in total. The van der Waals surface area contributed by atoms with Gasteiger partial charge in [0, 0.05) is 13.1 Å². The summed E-state index contributed by atoms with van der Waals surface area (Å²) in [5.41, 5.74) is 0. The standard InChI is InChI=1S/C13H18ClNO3/c1-2-15(8-9-16)13(17)7-10-18-12-6-4-3-5-11(12)14/h3-6,16H,2,7-10H2,1H3. The lowest BCUT2D eigenvalue weighted by Crippen LogP contribution is -2.34. The van der Waals surface area contributed by atoms with E-state index in [0.717, 1.165) is 0 Å². The van der Waals surface area contributed by atoms with Crippen LogP contribution in [0.2, 0.25) is 5.02 Å². The lowest BCUT2D eigenvalue weighted by atomic mass is 10.3. The number of ether oxygens (including phenoxy) is 1. The average Bonchev–Trinajstić information content (AvgIpc) is 2.38. The van der Waals surface area contributed by atoms with Crippen molar-refractivity contribution in [2.45, 2.75) is 13.3 Å². The minimum atomic E-state index is -0.0291. The quantitative estimate of drug-likeness (QED) is 0.825. The summed E-state index contributed by atoms with van der Waals surface area (Å²) in [5, 5.41) is 9.35. The second-order valence-corrected chi connectivity index (χ2v) is 4.13. The van der Waals surface area contributed by atoms with Crippen LogP contribution in [0.3, 0.4) is 0 Å². The van der Waals surface area contributed by atoms with Crippen molar-refractivity contribution in [3.63, 3.8) is 0 Å². The molecule has 0 aliphatic rings. The van der Waals surface area contributed by atoms with Gasteiger partial charge in [-0.15, -0.1) is 0 Å². The molecule has 0 spiro atoms. The summed E-state index contributed by atoms with van der Waals surface area (Å²) in [5.74, 6) is 0.552. The normalized spacial score (nSPS) is 10.2. The fraction of sp³-hybridized carbons (Fsp3) is 0.462. The predicted octanol–water partition coefficient (Wildman–Crippen LogP) is 1.95. The maximum Gasteiger partial charge on any atom is 0.226 e. The van der Waals surface area contributed by atoms with Crippen molar-refractivity contribution in [2.75, 3.05) is 26.3 Å². The number of carbonyl (C=O) groups excluding carboxylic acids is 1. The van der Waals surface area contributed by atoms with Crippen LogP contribution in [0.5, 0.6) is 5.75 Å². The monoisotopic (exact) mass is 271 g/mol. The summed E-state index contributed by atoms with van der Waals surface area (Å²) in [6, 6.07) is 7.15. The van der Waals surface area contributed by atoms with E-state index in [0.29, 0.717) is 23.9 Å². The molecule has 0 bridgehead atoms. The van der Waals surface area contributed by atoms with Crippen LogP contribution in [0.1, 0.15) is 13.3 Å². The highest BCUT2D eigenvalue weighted by Gasteiger charge is 2.11. The number of hydrogen-bond donors (Lipinski definition) is 1. The molecule has 1 aromatic carbocycles. The lowest BCUT2D eigenvalue weighted by Gasteiger charge is -2.19. The Morgan fingerprint density at radius 2 is 2.17 bits per heavy atom. The number of likely N-dealkylation sites (N-methyl/N-ethyl adjacent to an activating group) is 1. The van der Waals surface area contributed by atoms with Crippen LogP contribution in [0, 0.1) is 0 Å². The Morgan fingerprint density at radius 3 is 2.78 bits per heavy atom. The van der Waals surface area contributed by atoms with Crippen LogP contribution < -0.4 is 4.74 Å². The van der Waals surface area contributed by atoms with Crippen molar-refractivity contribution in [1.29, 1.82) is 0 Å². The zero-order valence-corrected chi connectivity index (χ0v) is 11.2. The van der Waals surface area contributed by atoms with E-state index in [1.165, 1.54) is 0 Å². The van der Waals surface area contributed by atoms with Gasteiger partial charge in [-0.25, -0.2) is 0 Å². The van der Waals surface area contributed by atoms with Crippen molar-refractivity contribution < 1.29 is 14.6 Å². The number of aliphatic hydroxyl groups excluding tert-OH is 1. The van der Waals surface area contributed by atoms with E-state index in [-0.39, 0.29) is 25.5 Å². The lowest BCUT2D eigenvalue weighted by molar-refractivity contribution is -0.132. The molecule has 1 amide bonds. The van der Waals surface area contributed by atoms with Gasteiger partial charge in [-0.05, 0) is 19.1 Å². The van der Waals surface area contributed by atoms with Gasteiger partial charge in [0.05, 0.1) is 24.7 Å². The van der Waals surface area contributed by atoms with Gasteiger partial charge in [-0.3, -0.25) is 4.79 Å². The first-order chi connectivity index (χ1) is 8.69. The zero-order chi connectivity index (χ0) is 13.4. The number of rotatable bonds is 7. The number of halogens is 1. The number of aliphatic hydroxyl groups is 1. The fourth-order valence-electron chi connectivity index (χ4n) is 1.55. The third-order valence-corrected chi connectivity index (χ3v) is 2.83. The molecule has 0 radical (unpaired) electrons. The van der Waals surface area contributed by atoms with Crippen molar-refractivity contribution in [1.82, 2.24) is 4.90 Å². The first-order valence-corrected chi connectivity index (χ1v) is 6.32. The SMILES string of the molecule is CCN(CCO)C(=O)CCOc1ccccc1Cl. The molecular weight excluding hydrogens is 254 g/mol. The Morgan fingerprint density at radius 1 is 1.44 bits per heavy atom. The molecule has 0 aliphatic carbocycles. The van der Waals surface area contributed by atoms with Crippen LogP contribution in [0.15, 0.2) is 24.3 Å². The fourth-order valence-corrected chi connectivity index (χ4v) is 1.74. The van der Waals surface area contributed by atoms with Gasteiger partial charge in [-0.2, -0.15) is 0 Å². The van der Waals surface area contributed by atoms with Gasteiger partial charge in [0.25, 0.3) is 0 Å². The summed E-state index contributed by atoms with van der Waals surface area (Å²) in [6.07, 6.45) is 0.277. The maximum atomic E-state index is 11.7. The molecule has 0 fully saturated rings. The molecule has 0 unspecified atom stereocenters. The molecule has 1 N–H and O–H groups in total. The average molecular weight is 272 g/mol. The number of carbonyl (C=O) groups is 1. The topological polar surface area (TPSA) is 49.8 Å². The molecule has 18 heavy (non-hydrogen) atoms. The molecule has 0 saturated carbocycles. The van der Waals surface area contributed by atoms with Gasteiger partial charge < -0.3 is 14.7 Å². The van der Waals surface area contributed by atoms with Crippen LogP contribution >= 0.6 is 11.6 Å². The summed E-state index contributed by atoms with van der Waals surface area (Å²) < 4.78 is 5.44. The molecule has 0 aliphatic heterocycles. The minimum absolute atomic E-state index is 0.0229. The highest BCUT2D eigenvalue weighted by Crippen LogP contribution is 2.23. The number of amides is 1. The number of para-hydroxylation sites is 1. The molecule has 100 valence electrons. The van der Waals surface area contributed by atoms with E-state index < -0.39 is 0 Å². The van der Waals surface area contributed by atoms with Crippen LogP contribution in [0.25, 0.3) is 0 Å². The summed E-state index contributed by atoms with van der Waals surface area (Å²) in [4.78, 5) is 13.3. The first kappa shape index (κ1) is 14.8. The van der Waals surface area contributed by atoms with Gasteiger partial charge in [-0.1, -0.05) is 23.7 Å². The number of hydrogen-bond acceptors (Lipinski definition) is 3. The summed E-state index contributed by atoms with van der Waals surface area (Å²) in [6.45, 7) is 3.09. The second kappa shape index (κ2) is 7.95. The van der Waals surface area contributed by atoms with Crippen LogP contribution in [-0.4, -0.2) is 42.2 Å². The first-order valence-electron chi connectivity index (χ1n) is 5.95. The van der Waals surface area contributed by atoms with Gasteiger partial charge >= 0.3 is 0 Å². The largest absolute Gasteiger partial charge is 0.491 e. The Kier molecular flexibility index (Phi) is 6.54. The molecule has 0 aromatic heterocycles. The molecular formula is C13H18ClNO3. The zero-order valence-electron chi connectivity index (χ0n) is 10.4. The van der Waals surface area contributed by atoms with Gasteiger partial charge in [0.1, 0.15) is 5.75 Å². The van der Waals surface area contributed by atoms with Crippen LogP contribution in [-0.2, 0) is 4.79 Å². The summed E-state index contributed by atoms with van der Waals surface area (Å²) >= 11 is 5.93. The van der Waals surface area contributed by atoms with Crippen molar-refractivity contribution in [3.8, 4) is 5.75 Å². The Bertz CT molecular complexity index is 384. The third kappa shape index (κ3) is 4.55. The second-order valence-electron chi connectivity index (χ2n) is 3.73. The smallest absolute Gasteiger partial charge is 0.226 e. The maximum absolute atomic E-state index is 11.7.